The van der Waals surface area contributed by atoms with Crippen LogP contribution in [-0.4, -0.2) is 10.6 Å². The largest absolute Gasteiger partial charge is 0.398 e. The Hall–Kier alpha value is -1.48. The number of nitrogens with zero attached hydrogens (tertiary/aromatic N) is 1. The quantitative estimate of drug-likeness (QED) is 0.769. The first kappa shape index (κ1) is 9.73. The molecule has 0 amide bonds. The molecule has 2 aromatic rings. The highest BCUT2D eigenvalue weighted by Gasteiger charge is 2.20. The van der Waals surface area contributed by atoms with E-state index in [-0.39, 0.29) is 0 Å². The molecule has 0 saturated heterocycles. The number of hydrogen-bond donors (Lipinski definition) is 2. The van der Waals surface area contributed by atoms with Crippen molar-refractivity contribution in [2.24, 2.45) is 7.05 Å². The monoisotopic (exact) mass is 215 g/mol. The molecule has 0 aliphatic heterocycles. The Labute approximate surface area is 95.2 Å². The number of nitrogens with one attached hydrogen (secondary N) is 1. The Balaban J connectivity index is 2.01. The van der Waals surface area contributed by atoms with E-state index < -0.39 is 0 Å². The standard InChI is InChI=1S/C13H17N3/c1-16-8-9(7-15-10-5-6-10)13-11(14)3-2-4-12(13)16/h2-4,8,10,15H,5-7,14H2,1H3. The van der Waals surface area contributed by atoms with Crippen molar-refractivity contribution in [3.8, 4) is 0 Å². The van der Waals surface area contributed by atoms with E-state index in [1.165, 1.54) is 29.3 Å². The third kappa shape index (κ3) is 1.57. The van der Waals surface area contributed by atoms with Gasteiger partial charge in [0.1, 0.15) is 0 Å². The maximum atomic E-state index is 6.05. The smallest absolute Gasteiger partial charge is 0.0501 e. The molecular weight excluding hydrogens is 198 g/mol. The van der Waals surface area contributed by atoms with Gasteiger partial charge in [0.05, 0.1) is 5.52 Å². The SMILES string of the molecule is Cn1cc(CNC2CC2)c2c(N)cccc21. The maximum Gasteiger partial charge on any atom is 0.0501 e. The fourth-order valence-corrected chi connectivity index (χ4v) is 2.24. The Morgan fingerprint density at radius 2 is 2.25 bits per heavy atom. The fourth-order valence-electron chi connectivity index (χ4n) is 2.24. The van der Waals surface area contributed by atoms with Gasteiger partial charge in [-0.05, 0) is 30.5 Å². The Bertz CT molecular complexity index is 523. The number of benzene rings is 1. The van der Waals surface area contributed by atoms with Crippen LogP contribution in [0.1, 0.15) is 18.4 Å². The normalized spacial score (nSPS) is 15.8. The van der Waals surface area contributed by atoms with Gasteiger partial charge < -0.3 is 15.6 Å². The molecule has 3 heteroatoms. The van der Waals surface area contributed by atoms with E-state index in [9.17, 15) is 0 Å². The minimum absolute atomic E-state index is 0.736. The molecule has 1 heterocycles. The summed E-state index contributed by atoms with van der Waals surface area (Å²) in [5.41, 5.74) is 9.45. The van der Waals surface area contributed by atoms with Crippen molar-refractivity contribution >= 4 is 16.6 Å². The molecule has 3 N–H and O–H groups in total. The lowest BCUT2D eigenvalue weighted by atomic mass is 10.1. The summed E-state index contributed by atoms with van der Waals surface area (Å²) in [5, 5.41) is 4.74. The average Bonchev–Trinajstić information content (AvgIpc) is 3.03. The first-order chi connectivity index (χ1) is 7.75. The second kappa shape index (κ2) is 3.52. The molecule has 1 aromatic carbocycles. The van der Waals surface area contributed by atoms with Gasteiger partial charge in [0.25, 0.3) is 0 Å². The lowest BCUT2D eigenvalue weighted by Gasteiger charge is -2.03. The summed E-state index contributed by atoms with van der Waals surface area (Å²) in [5.74, 6) is 0. The molecule has 1 aliphatic carbocycles. The molecule has 1 fully saturated rings. The van der Waals surface area contributed by atoms with E-state index in [1.54, 1.807) is 0 Å². The van der Waals surface area contributed by atoms with E-state index in [4.69, 9.17) is 5.73 Å². The van der Waals surface area contributed by atoms with Crippen molar-refractivity contribution in [3.05, 3.63) is 30.0 Å². The Morgan fingerprint density at radius 3 is 3.00 bits per heavy atom. The first-order valence-corrected chi connectivity index (χ1v) is 5.81. The van der Waals surface area contributed by atoms with Gasteiger partial charge in [0.2, 0.25) is 0 Å². The van der Waals surface area contributed by atoms with Crippen LogP contribution in [0.3, 0.4) is 0 Å². The van der Waals surface area contributed by atoms with E-state index in [2.05, 4.69) is 29.2 Å². The first-order valence-electron chi connectivity index (χ1n) is 5.81. The summed E-state index contributed by atoms with van der Waals surface area (Å²) in [6.07, 6.45) is 4.82. The summed E-state index contributed by atoms with van der Waals surface area (Å²) in [6, 6.07) is 6.84. The lowest BCUT2D eigenvalue weighted by Crippen LogP contribution is -2.15. The Kier molecular flexibility index (Phi) is 2.14. The molecule has 0 bridgehead atoms. The van der Waals surface area contributed by atoms with Crippen molar-refractivity contribution in [2.45, 2.75) is 25.4 Å². The molecule has 0 atom stereocenters. The zero-order valence-electron chi connectivity index (χ0n) is 9.53. The van der Waals surface area contributed by atoms with Gasteiger partial charge in [-0.1, -0.05) is 6.07 Å². The molecule has 16 heavy (non-hydrogen) atoms. The van der Waals surface area contributed by atoms with Crippen LogP contribution in [0.25, 0.3) is 10.9 Å². The summed E-state index contributed by atoms with van der Waals surface area (Å²) >= 11 is 0. The molecule has 0 spiro atoms. The van der Waals surface area contributed by atoms with Gasteiger partial charge in [0, 0.05) is 36.9 Å². The highest BCUT2D eigenvalue weighted by Crippen LogP contribution is 2.27. The number of nitrogen functional groups attached to an aromatic ring is 1. The number of rotatable bonds is 3. The van der Waals surface area contributed by atoms with Crippen LogP contribution in [-0.2, 0) is 13.6 Å². The molecule has 0 radical (unpaired) electrons. The van der Waals surface area contributed by atoms with Gasteiger partial charge in [-0.25, -0.2) is 0 Å². The summed E-state index contributed by atoms with van der Waals surface area (Å²) in [4.78, 5) is 0. The molecule has 1 aliphatic rings. The van der Waals surface area contributed by atoms with Crippen molar-refractivity contribution in [1.82, 2.24) is 9.88 Å². The van der Waals surface area contributed by atoms with Gasteiger partial charge in [0.15, 0.2) is 0 Å². The third-order valence-corrected chi connectivity index (χ3v) is 3.28. The number of hydrogen-bond acceptors (Lipinski definition) is 2. The molecule has 1 aromatic heterocycles. The predicted octanol–water partition coefficient (Wildman–Crippen LogP) is 2.01. The number of aryl methyl sites for hydroxylation is 1. The average molecular weight is 215 g/mol. The number of fused-ring (bicyclic) bond motifs is 1. The van der Waals surface area contributed by atoms with Crippen LogP contribution in [0.5, 0.6) is 0 Å². The van der Waals surface area contributed by atoms with E-state index in [1.807, 2.05) is 12.1 Å². The van der Waals surface area contributed by atoms with E-state index in [0.29, 0.717) is 0 Å². The minimum Gasteiger partial charge on any atom is -0.398 e. The second-order valence-corrected chi connectivity index (χ2v) is 4.66. The topological polar surface area (TPSA) is 43.0 Å². The highest BCUT2D eigenvalue weighted by molar-refractivity contribution is 5.94. The third-order valence-electron chi connectivity index (χ3n) is 3.28. The van der Waals surface area contributed by atoms with Crippen LogP contribution < -0.4 is 11.1 Å². The molecular formula is C13H17N3. The zero-order valence-corrected chi connectivity index (χ0v) is 9.53. The number of aromatic nitrogens is 1. The second-order valence-electron chi connectivity index (χ2n) is 4.66. The van der Waals surface area contributed by atoms with Crippen LogP contribution in [0, 0.1) is 0 Å². The highest BCUT2D eigenvalue weighted by atomic mass is 15.0. The van der Waals surface area contributed by atoms with Gasteiger partial charge >= 0.3 is 0 Å². The van der Waals surface area contributed by atoms with Crippen molar-refractivity contribution < 1.29 is 0 Å². The lowest BCUT2D eigenvalue weighted by molar-refractivity contribution is 0.689. The Morgan fingerprint density at radius 1 is 1.44 bits per heavy atom. The number of anilines is 1. The summed E-state index contributed by atoms with van der Waals surface area (Å²) in [6.45, 7) is 0.927. The minimum atomic E-state index is 0.736. The molecule has 1 saturated carbocycles. The van der Waals surface area contributed by atoms with Crippen LogP contribution in [0.15, 0.2) is 24.4 Å². The maximum absolute atomic E-state index is 6.05. The molecule has 0 unspecified atom stereocenters. The van der Waals surface area contributed by atoms with Crippen molar-refractivity contribution in [1.29, 1.82) is 0 Å². The van der Waals surface area contributed by atoms with E-state index >= 15 is 0 Å². The zero-order chi connectivity index (χ0) is 11.1. The summed E-state index contributed by atoms with van der Waals surface area (Å²) < 4.78 is 2.15. The van der Waals surface area contributed by atoms with Gasteiger partial charge in [-0.2, -0.15) is 0 Å². The van der Waals surface area contributed by atoms with Gasteiger partial charge in [-0.3, -0.25) is 0 Å². The summed E-state index contributed by atoms with van der Waals surface area (Å²) in [7, 11) is 2.07. The van der Waals surface area contributed by atoms with E-state index in [0.717, 1.165) is 18.3 Å². The predicted molar refractivity (Wildman–Crippen MR) is 67.2 cm³/mol. The molecule has 3 nitrogen and oxygen atoms in total. The number of nitrogens with two attached hydrogens (primary N) is 1. The van der Waals surface area contributed by atoms with Crippen LogP contribution >= 0.6 is 0 Å². The fraction of sp³-hybridized carbons (Fsp3) is 0.385. The molecule has 84 valence electrons. The van der Waals surface area contributed by atoms with Crippen molar-refractivity contribution in [3.63, 3.8) is 0 Å². The van der Waals surface area contributed by atoms with Gasteiger partial charge in [-0.15, -0.1) is 0 Å². The molecule has 3 rings (SSSR count). The van der Waals surface area contributed by atoms with Crippen LogP contribution in [0.4, 0.5) is 5.69 Å². The van der Waals surface area contributed by atoms with Crippen molar-refractivity contribution in [2.75, 3.05) is 5.73 Å². The van der Waals surface area contributed by atoms with Crippen LogP contribution in [0.2, 0.25) is 0 Å².